The maximum absolute atomic E-state index is 11.3. The van der Waals surface area contributed by atoms with Crippen LogP contribution < -0.4 is 5.32 Å². The van der Waals surface area contributed by atoms with Crippen molar-refractivity contribution in [3.63, 3.8) is 0 Å². The van der Waals surface area contributed by atoms with Gasteiger partial charge in [0.15, 0.2) is 0 Å². The maximum atomic E-state index is 11.3. The summed E-state index contributed by atoms with van der Waals surface area (Å²) >= 11 is 0. The molecule has 0 aliphatic heterocycles. The summed E-state index contributed by atoms with van der Waals surface area (Å²) in [4.78, 5) is 15.1. The molecule has 5 heteroatoms. The van der Waals surface area contributed by atoms with Crippen LogP contribution >= 0.6 is 0 Å². The summed E-state index contributed by atoms with van der Waals surface area (Å²) in [6, 6.07) is 6.99. The third kappa shape index (κ3) is 3.23. The van der Waals surface area contributed by atoms with Crippen LogP contribution in [0, 0.1) is 15.5 Å². The zero-order valence-corrected chi connectivity index (χ0v) is 12.0. The van der Waals surface area contributed by atoms with Gasteiger partial charge in [0.25, 0.3) is 0 Å². The number of fused-ring (bicyclic) bond motifs is 1. The highest BCUT2D eigenvalue weighted by molar-refractivity contribution is 5.94. The molecule has 1 N–H and O–H groups in total. The molecule has 0 fully saturated rings. The van der Waals surface area contributed by atoms with Crippen molar-refractivity contribution < 1.29 is 4.92 Å². The van der Waals surface area contributed by atoms with Gasteiger partial charge < -0.3 is 5.32 Å². The highest BCUT2D eigenvalue weighted by Gasteiger charge is 2.19. The second-order valence-electron chi connectivity index (χ2n) is 6.03. The first-order valence-electron chi connectivity index (χ1n) is 6.64. The highest BCUT2D eigenvalue weighted by atomic mass is 16.6. The van der Waals surface area contributed by atoms with Crippen LogP contribution in [-0.4, -0.2) is 16.5 Å². The van der Waals surface area contributed by atoms with E-state index in [-0.39, 0.29) is 16.0 Å². The fourth-order valence-corrected chi connectivity index (χ4v) is 2.05. The van der Waals surface area contributed by atoms with Crippen molar-refractivity contribution in [1.29, 1.82) is 0 Å². The van der Waals surface area contributed by atoms with Crippen LogP contribution in [0.5, 0.6) is 0 Å². The van der Waals surface area contributed by atoms with Crippen LogP contribution in [0.1, 0.15) is 27.2 Å². The first-order valence-corrected chi connectivity index (χ1v) is 6.64. The van der Waals surface area contributed by atoms with Gasteiger partial charge in [-0.1, -0.05) is 20.8 Å². The average molecular weight is 273 g/mol. The number of benzene rings is 1. The smallest absolute Gasteiger partial charge is 0.301 e. The molecule has 0 atom stereocenters. The fraction of sp³-hybridized carbons (Fsp3) is 0.400. The Kier molecular flexibility index (Phi) is 3.88. The molecule has 0 saturated carbocycles. The first kappa shape index (κ1) is 14.2. The van der Waals surface area contributed by atoms with Gasteiger partial charge in [-0.3, -0.25) is 15.1 Å². The summed E-state index contributed by atoms with van der Waals surface area (Å²) in [5.74, 6) is 0. The van der Waals surface area contributed by atoms with Crippen molar-refractivity contribution in [2.45, 2.75) is 27.2 Å². The summed E-state index contributed by atoms with van der Waals surface area (Å²) in [5, 5.41) is 15.1. The molecular formula is C15H19N3O2. The van der Waals surface area contributed by atoms with Crippen LogP contribution in [0.3, 0.4) is 0 Å². The quantitative estimate of drug-likeness (QED) is 0.675. The second kappa shape index (κ2) is 5.45. The van der Waals surface area contributed by atoms with Crippen LogP contribution in [0.25, 0.3) is 10.9 Å². The number of hydrogen-bond acceptors (Lipinski definition) is 4. The zero-order chi connectivity index (χ0) is 14.8. The summed E-state index contributed by atoms with van der Waals surface area (Å²) in [7, 11) is 0. The van der Waals surface area contributed by atoms with E-state index in [0.29, 0.717) is 23.1 Å². The lowest BCUT2D eigenvalue weighted by Crippen LogP contribution is -2.13. The molecule has 0 unspecified atom stereocenters. The van der Waals surface area contributed by atoms with E-state index < -0.39 is 0 Å². The van der Waals surface area contributed by atoms with Gasteiger partial charge in [0.2, 0.25) is 0 Å². The maximum Gasteiger partial charge on any atom is 0.301 e. The van der Waals surface area contributed by atoms with E-state index in [2.05, 4.69) is 31.1 Å². The molecule has 0 aliphatic carbocycles. The third-order valence-electron chi connectivity index (χ3n) is 3.13. The lowest BCUT2D eigenvalue weighted by molar-refractivity contribution is -0.382. The van der Waals surface area contributed by atoms with E-state index in [9.17, 15) is 10.1 Å². The Morgan fingerprint density at radius 1 is 1.30 bits per heavy atom. The number of nitro groups is 1. The summed E-state index contributed by atoms with van der Waals surface area (Å²) < 4.78 is 0. The summed E-state index contributed by atoms with van der Waals surface area (Å²) in [6.45, 7) is 7.14. The van der Waals surface area contributed by atoms with Gasteiger partial charge >= 0.3 is 5.69 Å². The van der Waals surface area contributed by atoms with Crippen molar-refractivity contribution in [3.8, 4) is 0 Å². The Bertz CT molecular complexity index is 633. The van der Waals surface area contributed by atoms with Crippen molar-refractivity contribution >= 4 is 22.3 Å². The van der Waals surface area contributed by atoms with E-state index in [4.69, 9.17) is 0 Å². The van der Waals surface area contributed by atoms with Gasteiger partial charge in [0.05, 0.1) is 15.8 Å². The van der Waals surface area contributed by atoms with Gasteiger partial charge in [-0.25, -0.2) is 0 Å². The molecule has 20 heavy (non-hydrogen) atoms. The number of nitrogens with zero attached hydrogens (tertiary/aromatic N) is 2. The third-order valence-corrected chi connectivity index (χ3v) is 3.13. The van der Waals surface area contributed by atoms with Crippen LogP contribution in [-0.2, 0) is 0 Å². The second-order valence-corrected chi connectivity index (χ2v) is 6.03. The van der Waals surface area contributed by atoms with Gasteiger partial charge in [0.1, 0.15) is 5.69 Å². The fourth-order valence-electron chi connectivity index (χ4n) is 2.05. The number of nitrogens with one attached hydrogen (secondary N) is 1. The molecule has 106 valence electrons. The number of pyridine rings is 1. The van der Waals surface area contributed by atoms with Crippen LogP contribution in [0.4, 0.5) is 11.4 Å². The van der Waals surface area contributed by atoms with E-state index in [0.717, 1.165) is 6.42 Å². The molecular weight excluding hydrogens is 254 g/mol. The topological polar surface area (TPSA) is 68.1 Å². The lowest BCUT2D eigenvalue weighted by Gasteiger charge is -2.18. The van der Waals surface area contributed by atoms with Crippen molar-refractivity contribution in [2.75, 3.05) is 11.9 Å². The molecule has 0 bridgehead atoms. The minimum absolute atomic E-state index is 0.101. The zero-order valence-electron chi connectivity index (χ0n) is 12.0. The van der Waals surface area contributed by atoms with Gasteiger partial charge in [-0.15, -0.1) is 0 Å². The minimum Gasteiger partial charge on any atom is -0.379 e. The molecule has 0 amide bonds. The molecule has 2 rings (SSSR count). The van der Waals surface area contributed by atoms with Gasteiger partial charge in [-0.05, 0) is 36.1 Å². The van der Waals surface area contributed by atoms with Crippen LogP contribution in [0.2, 0.25) is 0 Å². The molecule has 1 aromatic carbocycles. The lowest BCUT2D eigenvalue weighted by atomic mass is 9.92. The molecule has 1 heterocycles. The minimum atomic E-state index is -0.344. The number of anilines is 1. The largest absolute Gasteiger partial charge is 0.379 e. The van der Waals surface area contributed by atoms with Crippen molar-refractivity contribution in [1.82, 2.24) is 4.98 Å². The summed E-state index contributed by atoms with van der Waals surface area (Å²) in [5.41, 5.74) is 1.49. The van der Waals surface area contributed by atoms with Crippen LogP contribution in [0.15, 0.2) is 30.5 Å². The van der Waals surface area contributed by atoms with Crippen molar-refractivity contribution in [2.24, 2.45) is 5.41 Å². The Hall–Kier alpha value is -2.17. The number of aromatic nitrogens is 1. The predicted octanol–water partition coefficient (Wildman–Crippen LogP) is 3.99. The monoisotopic (exact) mass is 273 g/mol. The highest BCUT2D eigenvalue weighted by Crippen LogP contribution is 2.32. The first-order chi connectivity index (χ1) is 9.38. The SMILES string of the molecule is CC(C)(C)CCNc1ccc2ncccc2c1[N+](=O)[O-]. The number of hydrogen-bond donors (Lipinski definition) is 1. The normalized spacial score (nSPS) is 11.6. The predicted molar refractivity (Wildman–Crippen MR) is 81.0 cm³/mol. The Labute approximate surface area is 118 Å². The Morgan fingerprint density at radius 2 is 2.05 bits per heavy atom. The molecule has 2 aromatic rings. The molecule has 0 saturated heterocycles. The van der Waals surface area contributed by atoms with E-state index in [1.54, 1.807) is 24.4 Å². The molecule has 1 aromatic heterocycles. The standard InChI is InChI=1S/C15H19N3O2/c1-15(2,3)8-10-17-13-7-6-12-11(5-4-9-16-12)14(13)18(19)20/h4-7,9,17H,8,10H2,1-3H3. The van der Waals surface area contributed by atoms with E-state index >= 15 is 0 Å². The molecule has 0 aliphatic rings. The van der Waals surface area contributed by atoms with E-state index in [1.165, 1.54) is 0 Å². The number of rotatable bonds is 4. The average Bonchev–Trinajstić information content (AvgIpc) is 2.36. The molecule has 0 spiro atoms. The van der Waals surface area contributed by atoms with E-state index in [1.807, 2.05) is 6.07 Å². The summed E-state index contributed by atoms with van der Waals surface area (Å²) in [6.07, 6.45) is 2.58. The molecule has 5 nitrogen and oxygen atoms in total. The Balaban J connectivity index is 2.33. The van der Waals surface area contributed by atoms with Gasteiger partial charge in [-0.2, -0.15) is 0 Å². The number of nitro benzene ring substituents is 1. The Morgan fingerprint density at radius 3 is 2.70 bits per heavy atom. The van der Waals surface area contributed by atoms with Crippen molar-refractivity contribution in [3.05, 3.63) is 40.6 Å². The molecule has 0 radical (unpaired) electrons. The van der Waals surface area contributed by atoms with Gasteiger partial charge in [0, 0.05) is 12.7 Å².